The van der Waals surface area contributed by atoms with E-state index in [-0.39, 0.29) is 6.04 Å². The Balaban J connectivity index is 2.02. The van der Waals surface area contributed by atoms with Crippen molar-refractivity contribution in [3.8, 4) is 0 Å². The lowest BCUT2D eigenvalue weighted by molar-refractivity contribution is 0.540. The lowest BCUT2D eigenvalue weighted by Gasteiger charge is -2.17. The molecule has 1 heterocycles. The van der Waals surface area contributed by atoms with Crippen molar-refractivity contribution in [3.05, 3.63) is 64.4 Å². The van der Waals surface area contributed by atoms with Gasteiger partial charge in [0.2, 0.25) is 0 Å². The lowest BCUT2D eigenvalue weighted by atomic mass is 10.1. The third-order valence-electron chi connectivity index (χ3n) is 2.76. The number of hydrogen-bond donors (Lipinski definition) is 2. The average molecular weight is 306 g/mol. The molecule has 1 unspecified atom stereocenters. The Hall–Kier alpha value is -1.23. The van der Waals surface area contributed by atoms with Crippen LogP contribution in [-0.4, -0.2) is 11.5 Å². The quantitative estimate of drug-likeness (QED) is 0.893. The normalized spacial score (nSPS) is 12.3. The third kappa shape index (κ3) is 3.63. The molecule has 0 bridgehead atoms. The molecule has 18 heavy (non-hydrogen) atoms. The predicted molar refractivity (Wildman–Crippen MR) is 77.0 cm³/mol. The number of nitrogens with zero attached hydrogens (tertiary/aromatic N) is 1. The van der Waals surface area contributed by atoms with E-state index < -0.39 is 0 Å². The molecule has 1 aromatic heterocycles. The van der Waals surface area contributed by atoms with Gasteiger partial charge >= 0.3 is 0 Å². The first-order valence-corrected chi connectivity index (χ1v) is 6.66. The molecule has 1 aromatic carbocycles. The minimum atomic E-state index is 0.121. The summed E-state index contributed by atoms with van der Waals surface area (Å²) in [5.74, 6) is 0. The second kappa shape index (κ2) is 6.64. The number of pyridine rings is 1. The number of benzene rings is 1. The number of halogens is 1. The Kier molecular flexibility index (Phi) is 4.87. The molecule has 0 aliphatic rings. The minimum absolute atomic E-state index is 0.121. The Morgan fingerprint density at radius 3 is 2.67 bits per heavy atom. The molecule has 4 heteroatoms. The Bertz CT molecular complexity index is 487. The van der Waals surface area contributed by atoms with E-state index >= 15 is 0 Å². The first-order valence-electron chi connectivity index (χ1n) is 5.87. The zero-order valence-corrected chi connectivity index (χ0v) is 11.6. The van der Waals surface area contributed by atoms with Gasteiger partial charge in [0.05, 0.1) is 0 Å². The zero-order chi connectivity index (χ0) is 12.8. The summed E-state index contributed by atoms with van der Waals surface area (Å²) in [6.45, 7) is 1.35. The van der Waals surface area contributed by atoms with Crippen LogP contribution in [-0.2, 0) is 6.54 Å². The molecular formula is C14H16BrN3. The molecule has 94 valence electrons. The van der Waals surface area contributed by atoms with E-state index in [0.717, 1.165) is 16.6 Å². The summed E-state index contributed by atoms with van der Waals surface area (Å²) in [7, 11) is 0. The van der Waals surface area contributed by atoms with Crippen molar-refractivity contribution in [2.45, 2.75) is 12.6 Å². The van der Waals surface area contributed by atoms with Gasteiger partial charge in [0.1, 0.15) is 0 Å². The highest BCUT2D eigenvalue weighted by atomic mass is 79.9. The number of rotatable bonds is 5. The van der Waals surface area contributed by atoms with Gasteiger partial charge in [-0.1, -0.05) is 30.3 Å². The molecule has 3 nitrogen and oxygen atoms in total. The van der Waals surface area contributed by atoms with E-state index in [9.17, 15) is 0 Å². The summed E-state index contributed by atoms with van der Waals surface area (Å²) >= 11 is 3.42. The van der Waals surface area contributed by atoms with Crippen LogP contribution in [0.3, 0.4) is 0 Å². The number of nitrogens with one attached hydrogen (secondary N) is 1. The topological polar surface area (TPSA) is 50.9 Å². The maximum Gasteiger partial charge on any atom is 0.0462 e. The first kappa shape index (κ1) is 13.2. The van der Waals surface area contributed by atoms with Crippen molar-refractivity contribution >= 4 is 15.9 Å². The van der Waals surface area contributed by atoms with Crippen molar-refractivity contribution in [2.75, 3.05) is 6.54 Å². The van der Waals surface area contributed by atoms with E-state index in [4.69, 9.17) is 5.73 Å². The monoisotopic (exact) mass is 305 g/mol. The van der Waals surface area contributed by atoms with E-state index in [1.54, 1.807) is 6.20 Å². The highest BCUT2D eigenvalue weighted by molar-refractivity contribution is 9.10. The molecule has 2 rings (SSSR count). The van der Waals surface area contributed by atoms with Gasteiger partial charge in [0.25, 0.3) is 0 Å². The highest BCUT2D eigenvalue weighted by Gasteiger charge is 2.09. The van der Waals surface area contributed by atoms with Gasteiger partial charge in [0, 0.05) is 36.0 Å². The van der Waals surface area contributed by atoms with Crippen molar-refractivity contribution < 1.29 is 0 Å². The fourth-order valence-corrected chi connectivity index (χ4v) is 2.18. The van der Waals surface area contributed by atoms with Crippen LogP contribution in [0.2, 0.25) is 0 Å². The number of hydrogen-bond acceptors (Lipinski definition) is 3. The predicted octanol–water partition coefficient (Wildman–Crippen LogP) is 2.63. The van der Waals surface area contributed by atoms with E-state index in [0.29, 0.717) is 6.54 Å². The van der Waals surface area contributed by atoms with Gasteiger partial charge in [0.15, 0.2) is 0 Å². The molecule has 0 amide bonds. The minimum Gasteiger partial charge on any atom is -0.329 e. The molecule has 0 aliphatic carbocycles. The average Bonchev–Trinajstić information content (AvgIpc) is 2.41. The van der Waals surface area contributed by atoms with Crippen LogP contribution >= 0.6 is 15.9 Å². The largest absolute Gasteiger partial charge is 0.329 e. The van der Waals surface area contributed by atoms with E-state index in [1.807, 2.05) is 30.5 Å². The smallest absolute Gasteiger partial charge is 0.0462 e. The molecule has 0 spiro atoms. The molecule has 1 atom stereocenters. The number of aromatic nitrogens is 1. The molecule has 3 N–H and O–H groups in total. The molecule has 0 saturated carbocycles. The van der Waals surface area contributed by atoms with Gasteiger partial charge in [-0.3, -0.25) is 4.98 Å². The molecule has 0 aliphatic heterocycles. The van der Waals surface area contributed by atoms with Crippen LogP contribution in [0, 0.1) is 0 Å². The van der Waals surface area contributed by atoms with E-state index in [2.05, 4.69) is 38.4 Å². The van der Waals surface area contributed by atoms with Gasteiger partial charge in [-0.15, -0.1) is 0 Å². The van der Waals surface area contributed by atoms with Crippen LogP contribution in [0.15, 0.2) is 53.3 Å². The lowest BCUT2D eigenvalue weighted by Crippen LogP contribution is -2.27. The van der Waals surface area contributed by atoms with Crippen LogP contribution < -0.4 is 11.1 Å². The Morgan fingerprint density at radius 2 is 2.00 bits per heavy atom. The van der Waals surface area contributed by atoms with Crippen molar-refractivity contribution in [3.63, 3.8) is 0 Å². The molecule has 0 saturated heterocycles. The second-order valence-corrected chi connectivity index (χ2v) is 5.01. The maximum absolute atomic E-state index is 5.81. The highest BCUT2D eigenvalue weighted by Crippen LogP contribution is 2.16. The zero-order valence-electron chi connectivity index (χ0n) is 10.0. The summed E-state index contributed by atoms with van der Waals surface area (Å²) in [6.07, 6.45) is 3.62. The van der Waals surface area contributed by atoms with Crippen LogP contribution in [0.4, 0.5) is 0 Å². The Morgan fingerprint density at radius 1 is 1.22 bits per heavy atom. The summed E-state index contributed by atoms with van der Waals surface area (Å²) < 4.78 is 0.972. The summed E-state index contributed by atoms with van der Waals surface area (Å²) in [6, 6.07) is 12.4. The van der Waals surface area contributed by atoms with Crippen LogP contribution in [0.1, 0.15) is 17.2 Å². The Labute approximate surface area is 116 Å². The first-order chi connectivity index (χ1) is 8.79. The maximum atomic E-state index is 5.81. The SMILES string of the molecule is NCC(NCc1ccccc1)c1cncc(Br)c1. The van der Waals surface area contributed by atoms with Gasteiger partial charge in [-0.25, -0.2) is 0 Å². The molecular weight excluding hydrogens is 290 g/mol. The summed E-state index contributed by atoms with van der Waals surface area (Å²) in [5, 5.41) is 3.44. The van der Waals surface area contributed by atoms with Gasteiger partial charge in [-0.05, 0) is 33.1 Å². The third-order valence-corrected chi connectivity index (χ3v) is 3.19. The van der Waals surface area contributed by atoms with Crippen molar-refractivity contribution in [1.29, 1.82) is 0 Å². The standard InChI is InChI=1S/C14H16BrN3/c15-13-6-12(9-17-10-13)14(7-16)18-8-11-4-2-1-3-5-11/h1-6,9-10,14,18H,7-8,16H2. The van der Waals surface area contributed by atoms with Gasteiger partial charge < -0.3 is 11.1 Å². The van der Waals surface area contributed by atoms with Gasteiger partial charge in [-0.2, -0.15) is 0 Å². The van der Waals surface area contributed by atoms with Crippen LogP contribution in [0.5, 0.6) is 0 Å². The number of nitrogens with two attached hydrogens (primary N) is 1. The fraction of sp³-hybridized carbons (Fsp3) is 0.214. The second-order valence-electron chi connectivity index (χ2n) is 4.09. The van der Waals surface area contributed by atoms with Crippen LogP contribution in [0.25, 0.3) is 0 Å². The summed E-state index contributed by atoms with van der Waals surface area (Å²) in [5.41, 5.74) is 8.16. The molecule has 2 aromatic rings. The van der Waals surface area contributed by atoms with Crippen molar-refractivity contribution in [1.82, 2.24) is 10.3 Å². The van der Waals surface area contributed by atoms with Crippen molar-refractivity contribution in [2.24, 2.45) is 5.73 Å². The molecule has 0 fully saturated rings. The van der Waals surface area contributed by atoms with E-state index in [1.165, 1.54) is 5.56 Å². The fourth-order valence-electron chi connectivity index (χ4n) is 1.79. The molecule has 0 radical (unpaired) electrons. The summed E-state index contributed by atoms with van der Waals surface area (Å²) in [4.78, 5) is 4.17.